The summed E-state index contributed by atoms with van der Waals surface area (Å²) in [6.07, 6.45) is -0.488. The van der Waals surface area contributed by atoms with E-state index >= 15 is 0 Å². The number of aliphatic hydroxyl groups excluding tert-OH is 1. The Labute approximate surface area is 124 Å². The fraction of sp³-hybridized carbons (Fsp3) is 0.500. The topological polar surface area (TPSA) is 57.7 Å². The Kier molecular flexibility index (Phi) is 4.43. The standard InChI is InChI=1S/C16H22N2O3/c1-12-9-14-15(17-12)3-2-4-16(14)21-11-13(19)10-18-5-7-20-8-6-18/h2-4,9,13,17,19H,5-8,10-11H2,1H3/t13-/m0/s1. The Hall–Kier alpha value is -1.56. The van der Waals surface area contributed by atoms with Crippen LogP contribution >= 0.6 is 0 Å². The predicted octanol–water partition coefficient (Wildman–Crippen LogP) is 1.55. The van der Waals surface area contributed by atoms with E-state index in [-0.39, 0.29) is 0 Å². The summed E-state index contributed by atoms with van der Waals surface area (Å²) in [5, 5.41) is 11.2. The number of aryl methyl sites for hydroxylation is 1. The molecule has 1 aliphatic heterocycles. The maximum absolute atomic E-state index is 10.1. The number of H-pyrrole nitrogens is 1. The summed E-state index contributed by atoms with van der Waals surface area (Å²) in [6.45, 7) is 6.21. The first-order valence-corrected chi connectivity index (χ1v) is 7.41. The zero-order valence-corrected chi connectivity index (χ0v) is 12.3. The number of ether oxygens (including phenoxy) is 2. The van der Waals surface area contributed by atoms with Gasteiger partial charge in [-0.25, -0.2) is 0 Å². The van der Waals surface area contributed by atoms with Crippen LogP contribution in [-0.4, -0.2) is 60.5 Å². The molecule has 0 bridgehead atoms. The molecule has 0 spiro atoms. The van der Waals surface area contributed by atoms with Gasteiger partial charge in [-0.3, -0.25) is 4.90 Å². The highest BCUT2D eigenvalue weighted by Crippen LogP contribution is 2.26. The molecule has 1 fully saturated rings. The van der Waals surface area contributed by atoms with Crippen molar-refractivity contribution < 1.29 is 14.6 Å². The zero-order chi connectivity index (χ0) is 14.7. The minimum absolute atomic E-state index is 0.306. The van der Waals surface area contributed by atoms with E-state index in [9.17, 15) is 5.11 Å². The lowest BCUT2D eigenvalue weighted by Crippen LogP contribution is -2.42. The highest BCUT2D eigenvalue weighted by Gasteiger charge is 2.15. The monoisotopic (exact) mass is 290 g/mol. The maximum Gasteiger partial charge on any atom is 0.128 e. The van der Waals surface area contributed by atoms with Crippen LogP contribution in [-0.2, 0) is 4.74 Å². The Morgan fingerprint density at radius 1 is 1.38 bits per heavy atom. The summed E-state index contributed by atoms with van der Waals surface area (Å²) in [6, 6.07) is 8.00. The number of benzene rings is 1. The smallest absolute Gasteiger partial charge is 0.128 e. The summed E-state index contributed by atoms with van der Waals surface area (Å²) in [5.74, 6) is 0.817. The van der Waals surface area contributed by atoms with Gasteiger partial charge in [0, 0.05) is 36.2 Å². The van der Waals surface area contributed by atoms with Gasteiger partial charge >= 0.3 is 0 Å². The molecule has 1 aliphatic rings. The first-order chi connectivity index (χ1) is 10.2. The minimum atomic E-state index is -0.488. The van der Waals surface area contributed by atoms with Gasteiger partial charge in [0.15, 0.2) is 0 Å². The molecule has 1 saturated heterocycles. The number of aliphatic hydroxyl groups is 1. The summed E-state index contributed by atoms with van der Waals surface area (Å²) in [7, 11) is 0. The Morgan fingerprint density at radius 2 is 2.19 bits per heavy atom. The molecule has 2 N–H and O–H groups in total. The second-order valence-corrected chi connectivity index (χ2v) is 5.55. The van der Waals surface area contributed by atoms with Gasteiger partial charge in [-0.05, 0) is 25.1 Å². The van der Waals surface area contributed by atoms with Crippen molar-refractivity contribution in [2.75, 3.05) is 39.5 Å². The van der Waals surface area contributed by atoms with Crippen molar-refractivity contribution in [3.05, 3.63) is 30.0 Å². The third-order valence-electron chi connectivity index (χ3n) is 3.76. The molecule has 2 heterocycles. The van der Waals surface area contributed by atoms with Crippen LogP contribution in [0.15, 0.2) is 24.3 Å². The van der Waals surface area contributed by atoms with E-state index < -0.39 is 6.10 Å². The summed E-state index contributed by atoms with van der Waals surface area (Å²) >= 11 is 0. The van der Waals surface area contributed by atoms with Crippen molar-refractivity contribution in [3.63, 3.8) is 0 Å². The predicted molar refractivity (Wildman–Crippen MR) is 81.8 cm³/mol. The van der Waals surface area contributed by atoms with E-state index in [2.05, 4.69) is 16.0 Å². The molecule has 3 rings (SSSR count). The van der Waals surface area contributed by atoms with Gasteiger partial charge in [-0.15, -0.1) is 0 Å². The van der Waals surface area contributed by atoms with Gasteiger partial charge in [0.25, 0.3) is 0 Å². The third-order valence-corrected chi connectivity index (χ3v) is 3.76. The van der Waals surface area contributed by atoms with Crippen molar-refractivity contribution in [1.29, 1.82) is 0 Å². The summed E-state index contributed by atoms with van der Waals surface area (Å²) < 4.78 is 11.1. The molecular formula is C16H22N2O3. The molecular weight excluding hydrogens is 268 g/mol. The number of hydrogen-bond acceptors (Lipinski definition) is 4. The molecule has 1 aromatic heterocycles. The van der Waals surface area contributed by atoms with Crippen molar-refractivity contribution >= 4 is 10.9 Å². The van der Waals surface area contributed by atoms with Crippen LogP contribution in [0.5, 0.6) is 5.75 Å². The average Bonchev–Trinajstić information content (AvgIpc) is 2.87. The van der Waals surface area contributed by atoms with Crippen LogP contribution in [0.4, 0.5) is 0 Å². The number of β-amino-alcohol motifs (C(OH)–C–C–N with tert-alkyl or cyclic N) is 1. The molecule has 114 valence electrons. The lowest BCUT2D eigenvalue weighted by Gasteiger charge is -2.28. The Bertz CT molecular complexity index is 590. The Morgan fingerprint density at radius 3 is 3.00 bits per heavy atom. The van der Waals surface area contributed by atoms with Crippen LogP contribution < -0.4 is 4.74 Å². The minimum Gasteiger partial charge on any atom is -0.490 e. The van der Waals surface area contributed by atoms with Crippen LogP contribution in [0.25, 0.3) is 10.9 Å². The van der Waals surface area contributed by atoms with Gasteiger partial charge in [0.2, 0.25) is 0 Å². The first-order valence-electron chi connectivity index (χ1n) is 7.41. The number of nitrogens with one attached hydrogen (secondary N) is 1. The van der Waals surface area contributed by atoms with Crippen LogP contribution in [0, 0.1) is 6.92 Å². The fourth-order valence-corrected chi connectivity index (χ4v) is 2.71. The maximum atomic E-state index is 10.1. The lowest BCUT2D eigenvalue weighted by molar-refractivity contribution is 0.00480. The van der Waals surface area contributed by atoms with Gasteiger partial charge in [-0.2, -0.15) is 0 Å². The largest absolute Gasteiger partial charge is 0.490 e. The normalized spacial score (nSPS) is 18.0. The molecule has 1 atom stereocenters. The van der Waals surface area contributed by atoms with E-state index in [1.165, 1.54) is 0 Å². The second-order valence-electron chi connectivity index (χ2n) is 5.55. The third kappa shape index (κ3) is 3.56. The molecule has 5 nitrogen and oxygen atoms in total. The number of aromatic nitrogens is 1. The molecule has 0 aliphatic carbocycles. The van der Waals surface area contributed by atoms with E-state index in [0.29, 0.717) is 13.2 Å². The van der Waals surface area contributed by atoms with Crippen LogP contribution in [0.2, 0.25) is 0 Å². The van der Waals surface area contributed by atoms with Gasteiger partial charge in [-0.1, -0.05) is 6.07 Å². The highest BCUT2D eigenvalue weighted by atomic mass is 16.5. The first kappa shape index (κ1) is 14.4. The van der Waals surface area contributed by atoms with Crippen LogP contribution in [0.3, 0.4) is 0 Å². The Balaban J connectivity index is 1.58. The van der Waals surface area contributed by atoms with E-state index in [1.807, 2.05) is 25.1 Å². The quantitative estimate of drug-likeness (QED) is 0.877. The number of nitrogens with zero attached hydrogens (tertiary/aromatic N) is 1. The number of fused-ring (bicyclic) bond motifs is 1. The fourth-order valence-electron chi connectivity index (χ4n) is 2.71. The molecule has 0 amide bonds. The van der Waals surface area contributed by atoms with Gasteiger partial charge in [0.05, 0.1) is 13.2 Å². The number of morpholine rings is 1. The molecule has 1 aromatic carbocycles. The molecule has 21 heavy (non-hydrogen) atoms. The number of aromatic amines is 1. The van der Waals surface area contributed by atoms with Crippen LogP contribution in [0.1, 0.15) is 5.69 Å². The molecule has 0 radical (unpaired) electrons. The molecule has 5 heteroatoms. The van der Waals surface area contributed by atoms with E-state index in [4.69, 9.17) is 9.47 Å². The second kappa shape index (κ2) is 6.47. The van der Waals surface area contributed by atoms with Crippen molar-refractivity contribution in [3.8, 4) is 5.75 Å². The van der Waals surface area contributed by atoms with Crippen molar-refractivity contribution in [1.82, 2.24) is 9.88 Å². The van der Waals surface area contributed by atoms with Gasteiger partial charge in [0.1, 0.15) is 18.5 Å². The van der Waals surface area contributed by atoms with Crippen molar-refractivity contribution in [2.24, 2.45) is 0 Å². The lowest BCUT2D eigenvalue weighted by atomic mass is 10.2. The average molecular weight is 290 g/mol. The molecule has 0 saturated carbocycles. The molecule has 2 aromatic rings. The van der Waals surface area contributed by atoms with Gasteiger partial charge < -0.3 is 19.6 Å². The van der Waals surface area contributed by atoms with Crippen molar-refractivity contribution in [2.45, 2.75) is 13.0 Å². The number of rotatable bonds is 5. The zero-order valence-electron chi connectivity index (χ0n) is 12.3. The SMILES string of the molecule is Cc1cc2c(OC[C@@H](O)CN3CCOCC3)cccc2[nH]1. The summed E-state index contributed by atoms with van der Waals surface area (Å²) in [5.41, 5.74) is 2.17. The van der Waals surface area contributed by atoms with E-state index in [0.717, 1.165) is 48.6 Å². The summed E-state index contributed by atoms with van der Waals surface area (Å²) in [4.78, 5) is 5.49. The van der Waals surface area contributed by atoms with E-state index in [1.54, 1.807) is 0 Å². The molecule has 0 unspecified atom stereocenters. The number of hydrogen-bond donors (Lipinski definition) is 2. The highest BCUT2D eigenvalue weighted by molar-refractivity contribution is 5.86.